The number of hydrogen-bond donors (Lipinski definition) is 0. The Morgan fingerprint density at radius 1 is 1.39 bits per heavy atom. The predicted octanol–water partition coefficient (Wildman–Crippen LogP) is 3.03. The molecule has 1 amide bonds. The summed E-state index contributed by atoms with van der Waals surface area (Å²) in [6, 6.07) is 6.51. The molecule has 0 aliphatic heterocycles. The van der Waals surface area contributed by atoms with E-state index < -0.39 is 5.41 Å². The Labute approximate surface area is 135 Å². The fourth-order valence-electron chi connectivity index (χ4n) is 3.66. The van der Waals surface area contributed by atoms with Crippen LogP contribution in [0.25, 0.3) is 0 Å². The van der Waals surface area contributed by atoms with Crippen LogP contribution in [0.4, 0.5) is 4.39 Å². The van der Waals surface area contributed by atoms with E-state index in [4.69, 9.17) is 0 Å². The van der Waals surface area contributed by atoms with E-state index >= 15 is 0 Å². The topological polar surface area (TPSA) is 38.1 Å². The van der Waals surface area contributed by atoms with Gasteiger partial charge in [-0.1, -0.05) is 25.0 Å². The van der Waals surface area contributed by atoms with Crippen molar-refractivity contribution in [3.05, 3.63) is 53.6 Å². The lowest BCUT2D eigenvalue weighted by Gasteiger charge is -2.33. The molecule has 1 aromatic heterocycles. The zero-order valence-electron chi connectivity index (χ0n) is 13.6. The number of benzene rings is 1. The van der Waals surface area contributed by atoms with Crippen LogP contribution in [0.1, 0.15) is 36.8 Å². The number of rotatable bonds is 4. The Balaban J connectivity index is 1.87. The molecule has 0 radical (unpaired) electrons. The summed E-state index contributed by atoms with van der Waals surface area (Å²) in [4.78, 5) is 14.9. The van der Waals surface area contributed by atoms with Gasteiger partial charge in [0.15, 0.2) is 0 Å². The van der Waals surface area contributed by atoms with Gasteiger partial charge in [0.2, 0.25) is 5.91 Å². The molecule has 1 fully saturated rings. The van der Waals surface area contributed by atoms with Crippen LogP contribution in [0.3, 0.4) is 0 Å². The Morgan fingerprint density at radius 3 is 2.74 bits per heavy atom. The average Bonchev–Trinajstić information content (AvgIpc) is 3.16. The van der Waals surface area contributed by atoms with Crippen LogP contribution in [-0.4, -0.2) is 27.6 Å². The number of carbonyl (C=O) groups is 1. The minimum atomic E-state index is -0.584. The van der Waals surface area contributed by atoms with Crippen LogP contribution in [0.15, 0.2) is 36.7 Å². The Morgan fingerprint density at radius 2 is 2.13 bits per heavy atom. The summed E-state index contributed by atoms with van der Waals surface area (Å²) in [6.07, 6.45) is 7.26. The molecule has 122 valence electrons. The summed E-state index contributed by atoms with van der Waals surface area (Å²) in [7, 11) is 3.67. The molecule has 0 atom stereocenters. The Hall–Kier alpha value is -2.17. The van der Waals surface area contributed by atoms with Gasteiger partial charge in [-0.25, -0.2) is 4.39 Å². The molecular weight excluding hydrogens is 293 g/mol. The molecule has 0 saturated heterocycles. The molecule has 0 bridgehead atoms. The monoisotopic (exact) mass is 315 g/mol. The van der Waals surface area contributed by atoms with Gasteiger partial charge in [-0.3, -0.25) is 9.48 Å². The van der Waals surface area contributed by atoms with E-state index in [-0.39, 0.29) is 11.7 Å². The first-order chi connectivity index (χ1) is 11.0. The maximum absolute atomic E-state index is 13.7. The zero-order chi connectivity index (χ0) is 16.4. The fourth-order valence-corrected chi connectivity index (χ4v) is 3.66. The maximum atomic E-state index is 13.7. The van der Waals surface area contributed by atoms with Crippen molar-refractivity contribution in [3.63, 3.8) is 0 Å². The van der Waals surface area contributed by atoms with E-state index in [0.717, 1.165) is 36.8 Å². The van der Waals surface area contributed by atoms with E-state index in [9.17, 15) is 9.18 Å². The molecule has 4 nitrogen and oxygen atoms in total. The molecule has 23 heavy (non-hydrogen) atoms. The summed E-state index contributed by atoms with van der Waals surface area (Å²) in [5.74, 6) is -0.207. The number of amides is 1. The minimum Gasteiger partial charge on any atom is -0.341 e. The fraction of sp³-hybridized carbons (Fsp3) is 0.444. The highest BCUT2D eigenvalue weighted by atomic mass is 19.1. The Kier molecular flexibility index (Phi) is 4.20. The van der Waals surface area contributed by atoms with Crippen molar-refractivity contribution in [1.29, 1.82) is 0 Å². The molecule has 2 aromatic rings. The Bertz CT molecular complexity index is 704. The summed E-state index contributed by atoms with van der Waals surface area (Å²) >= 11 is 0. The molecule has 1 aliphatic carbocycles. The summed E-state index contributed by atoms with van der Waals surface area (Å²) in [6.45, 7) is 0.518. The third-order valence-electron chi connectivity index (χ3n) is 4.77. The normalized spacial score (nSPS) is 16.5. The van der Waals surface area contributed by atoms with Crippen LogP contribution in [-0.2, 0) is 23.8 Å². The number of aryl methyl sites for hydroxylation is 1. The number of hydrogen-bond acceptors (Lipinski definition) is 2. The van der Waals surface area contributed by atoms with Crippen LogP contribution >= 0.6 is 0 Å². The standard InChI is InChI=1S/C18H22FN3O/c1-21(12-14-11-20-22(2)13-14)17(23)18(8-3-4-9-18)15-6-5-7-16(19)10-15/h5-7,10-11,13H,3-4,8-9,12H2,1-2H3. The van der Waals surface area contributed by atoms with E-state index in [2.05, 4.69) is 5.10 Å². The maximum Gasteiger partial charge on any atom is 0.233 e. The largest absolute Gasteiger partial charge is 0.341 e. The van der Waals surface area contributed by atoms with Gasteiger partial charge in [0.25, 0.3) is 0 Å². The second-order valence-electron chi connectivity index (χ2n) is 6.48. The van der Waals surface area contributed by atoms with Crippen molar-refractivity contribution in [2.45, 2.75) is 37.6 Å². The lowest BCUT2D eigenvalue weighted by atomic mass is 9.77. The highest BCUT2D eigenvalue weighted by Crippen LogP contribution is 2.42. The molecule has 0 unspecified atom stereocenters. The third kappa shape index (κ3) is 3.00. The number of halogens is 1. The number of aromatic nitrogens is 2. The smallest absolute Gasteiger partial charge is 0.233 e. The number of carbonyl (C=O) groups excluding carboxylic acids is 1. The van der Waals surface area contributed by atoms with Gasteiger partial charge in [-0.05, 0) is 30.5 Å². The van der Waals surface area contributed by atoms with Gasteiger partial charge < -0.3 is 4.90 Å². The zero-order valence-corrected chi connectivity index (χ0v) is 13.6. The van der Waals surface area contributed by atoms with Crippen LogP contribution in [0.2, 0.25) is 0 Å². The number of nitrogens with zero attached hydrogens (tertiary/aromatic N) is 3. The SMILES string of the molecule is CN(Cc1cnn(C)c1)C(=O)C1(c2cccc(F)c2)CCCC1. The summed E-state index contributed by atoms with van der Waals surface area (Å²) < 4.78 is 15.4. The van der Waals surface area contributed by atoms with Crippen molar-refractivity contribution in [2.75, 3.05) is 7.05 Å². The van der Waals surface area contributed by atoms with Crippen LogP contribution < -0.4 is 0 Å². The molecule has 5 heteroatoms. The first-order valence-corrected chi connectivity index (χ1v) is 8.00. The summed E-state index contributed by atoms with van der Waals surface area (Å²) in [5, 5.41) is 4.14. The van der Waals surface area contributed by atoms with Crippen molar-refractivity contribution in [2.24, 2.45) is 7.05 Å². The van der Waals surface area contributed by atoms with Gasteiger partial charge in [-0.2, -0.15) is 5.10 Å². The molecule has 1 saturated carbocycles. The van der Waals surface area contributed by atoms with E-state index in [1.54, 1.807) is 21.8 Å². The van der Waals surface area contributed by atoms with Gasteiger partial charge in [0.1, 0.15) is 5.82 Å². The van der Waals surface area contributed by atoms with Gasteiger partial charge in [0, 0.05) is 32.4 Å². The quantitative estimate of drug-likeness (QED) is 0.870. The van der Waals surface area contributed by atoms with Gasteiger partial charge >= 0.3 is 0 Å². The predicted molar refractivity (Wildman–Crippen MR) is 86.2 cm³/mol. The minimum absolute atomic E-state index is 0.0736. The van der Waals surface area contributed by atoms with Gasteiger partial charge in [0.05, 0.1) is 11.6 Å². The van der Waals surface area contributed by atoms with E-state index in [0.29, 0.717) is 6.54 Å². The lowest BCUT2D eigenvalue weighted by Crippen LogP contribution is -2.43. The number of likely N-dealkylation sites (N-methyl/N-ethyl adjacent to an activating group) is 1. The molecule has 3 rings (SSSR count). The molecule has 0 N–H and O–H groups in total. The molecule has 1 aliphatic rings. The van der Waals surface area contributed by atoms with Gasteiger partial charge in [-0.15, -0.1) is 0 Å². The first kappa shape index (κ1) is 15.7. The highest BCUT2D eigenvalue weighted by molar-refractivity contribution is 5.88. The lowest BCUT2D eigenvalue weighted by molar-refractivity contribution is -0.136. The second kappa shape index (κ2) is 6.14. The van der Waals surface area contributed by atoms with Crippen LogP contribution in [0.5, 0.6) is 0 Å². The van der Waals surface area contributed by atoms with Crippen molar-refractivity contribution >= 4 is 5.91 Å². The first-order valence-electron chi connectivity index (χ1n) is 8.00. The molecule has 1 aromatic carbocycles. The average molecular weight is 315 g/mol. The second-order valence-corrected chi connectivity index (χ2v) is 6.48. The third-order valence-corrected chi connectivity index (χ3v) is 4.77. The highest BCUT2D eigenvalue weighted by Gasteiger charge is 2.44. The van der Waals surface area contributed by atoms with Crippen molar-refractivity contribution < 1.29 is 9.18 Å². The molecule has 1 heterocycles. The van der Waals surface area contributed by atoms with Crippen LogP contribution in [0, 0.1) is 5.82 Å². The summed E-state index contributed by atoms with van der Waals surface area (Å²) in [5.41, 5.74) is 1.22. The van der Waals surface area contributed by atoms with E-state index in [1.165, 1.54) is 12.1 Å². The van der Waals surface area contributed by atoms with E-state index in [1.807, 2.05) is 26.4 Å². The van der Waals surface area contributed by atoms with Crippen molar-refractivity contribution in [3.8, 4) is 0 Å². The van der Waals surface area contributed by atoms with Crippen molar-refractivity contribution in [1.82, 2.24) is 14.7 Å². The molecular formula is C18H22FN3O. The molecule has 0 spiro atoms.